The number of anilines is 1. The number of nitrogens with one attached hydrogen (secondary N) is 1. The summed E-state index contributed by atoms with van der Waals surface area (Å²) in [5, 5.41) is 7.95. The average molecular weight is 514 g/mol. The molecular formula is C23H23N5O5S2. The van der Waals surface area contributed by atoms with Crippen LogP contribution in [0.15, 0.2) is 53.4 Å². The number of aryl methyl sites for hydroxylation is 1. The standard InChI is InChI=1S/C23H23N5O5S2/c1-15-13-21(28(26-15)23-24-19-8-5-17(32-2)14-20(19)34-23)25-22(29)16-3-6-18(7-4-16)35(30,31)27-9-11-33-12-10-27/h3-8,13-14H,9-12H2,1-2H3,(H,25,29). The minimum Gasteiger partial charge on any atom is -0.497 e. The molecule has 1 aliphatic heterocycles. The molecule has 35 heavy (non-hydrogen) atoms. The molecule has 2 aromatic heterocycles. The Balaban J connectivity index is 1.37. The lowest BCUT2D eigenvalue weighted by molar-refractivity contribution is 0.0730. The summed E-state index contributed by atoms with van der Waals surface area (Å²) in [5.74, 6) is 0.810. The number of fused-ring (bicyclic) bond motifs is 1. The molecule has 0 radical (unpaired) electrons. The first-order valence-corrected chi connectivity index (χ1v) is 13.1. The molecule has 0 unspecified atom stereocenters. The zero-order valence-electron chi connectivity index (χ0n) is 19.1. The van der Waals surface area contributed by atoms with Gasteiger partial charge in [-0.15, -0.1) is 0 Å². The predicted octanol–water partition coefficient (Wildman–Crippen LogP) is 3.07. The Hall–Kier alpha value is -3.32. The van der Waals surface area contributed by atoms with Crippen LogP contribution in [0.3, 0.4) is 0 Å². The molecule has 0 saturated carbocycles. The Labute approximate surface area is 206 Å². The van der Waals surface area contributed by atoms with Gasteiger partial charge in [-0.05, 0) is 49.4 Å². The Morgan fingerprint density at radius 3 is 2.57 bits per heavy atom. The number of hydrogen-bond acceptors (Lipinski definition) is 8. The zero-order valence-corrected chi connectivity index (χ0v) is 20.7. The third-order valence-electron chi connectivity index (χ3n) is 5.56. The molecule has 1 aliphatic rings. The molecule has 12 heteroatoms. The van der Waals surface area contributed by atoms with Crippen LogP contribution >= 0.6 is 11.3 Å². The molecule has 0 bridgehead atoms. The van der Waals surface area contributed by atoms with Crippen molar-refractivity contribution in [3.8, 4) is 10.9 Å². The summed E-state index contributed by atoms with van der Waals surface area (Å²) in [6.45, 7) is 3.19. The molecule has 5 rings (SSSR count). The number of morpholine rings is 1. The lowest BCUT2D eigenvalue weighted by atomic mass is 10.2. The summed E-state index contributed by atoms with van der Waals surface area (Å²) < 4.78 is 40.1. The highest BCUT2D eigenvalue weighted by Gasteiger charge is 2.26. The normalized spacial score (nSPS) is 14.8. The van der Waals surface area contributed by atoms with Gasteiger partial charge >= 0.3 is 0 Å². The van der Waals surface area contributed by atoms with Crippen molar-refractivity contribution in [1.29, 1.82) is 0 Å². The molecule has 182 valence electrons. The van der Waals surface area contributed by atoms with Gasteiger partial charge in [0.25, 0.3) is 5.91 Å². The highest BCUT2D eigenvalue weighted by atomic mass is 32.2. The van der Waals surface area contributed by atoms with Gasteiger partial charge in [-0.25, -0.2) is 13.4 Å². The monoisotopic (exact) mass is 513 g/mol. The van der Waals surface area contributed by atoms with Gasteiger partial charge in [0, 0.05) is 24.7 Å². The van der Waals surface area contributed by atoms with E-state index < -0.39 is 10.0 Å². The maximum Gasteiger partial charge on any atom is 0.256 e. The van der Waals surface area contributed by atoms with Gasteiger partial charge < -0.3 is 14.8 Å². The molecule has 0 atom stereocenters. The molecule has 3 heterocycles. The molecule has 1 saturated heterocycles. The Kier molecular flexibility index (Phi) is 6.28. The van der Waals surface area contributed by atoms with E-state index in [9.17, 15) is 13.2 Å². The van der Waals surface area contributed by atoms with E-state index in [1.165, 1.54) is 39.9 Å². The smallest absolute Gasteiger partial charge is 0.256 e. The van der Waals surface area contributed by atoms with Crippen LogP contribution in [-0.4, -0.2) is 66.8 Å². The van der Waals surface area contributed by atoms with Crippen LogP contribution in [0.2, 0.25) is 0 Å². The summed E-state index contributed by atoms with van der Waals surface area (Å²) in [5.41, 5.74) is 1.84. The molecular weight excluding hydrogens is 490 g/mol. The van der Waals surface area contributed by atoms with Crippen molar-refractivity contribution in [2.75, 3.05) is 38.7 Å². The molecule has 1 N–H and O–H groups in total. The van der Waals surface area contributed by atoms with Gasteiger partial charge in [-0.1, -0.05) is 11.3 Å². The molecule has 10 nitrogen and oxygen atoms in total. The quantitative estimate of drug-likeness (QED) is 0.421. The van der Waals surface area contributed by atoms with Gasteiger partial charge in [-0.2, -0.15) is 14.1 Å². The van der Waals surface area contributed by atoms with Crippen LogP contribution in [0.1, 0.15) is 16.1 Å². The first kappa shape index (κ1) is 23.4. The number of rotatable bonds is 6. The number of ether oxygens (including phenoxy) is 2. The van der Waals surface area contributed by atoms with E-state index in [-0.39, 0.29) is 10.8 Å². The van der Waals surface area contributed by atoms with E-state index in [2.05, 4.69) is 15.4 Å². The molecule has 1 amide bonds. The van der Waals surface area contributed by atoms with Gasteiger partial charge in [0.05, 0.1) is 41.1 Å². The molecule has 2 aromatic carbocycles. The van der Waals surface area contributed by atoms with Crippen molar-refractivity contribution < 1.29 is 22.7 Å². The largest absolute Gasteiger partial charge is 0.497 e. The average Bonchev–Trinajstić information content (AvgIpc) is 3.46. The maximum atomic E-state index is 13.0. The summed E-state index contributed by atoms with van der Waals surface area (Å²) >= 11 is 1.43. The topological polar surface area (TPSA) is 116 Å². The SMILES string of the molecule is COc1ccc2nc(-n3nc(C)cc3NC(=O)c3ccc(S(=O)(=O)N4CCOCC4)cc3)sc2c1. The van der Waals surface area contributed by atoms with E-state index in [1.54, 1.807) is 17.9 Å². The van der Waals surface area contributed by atoms with Crippen LogP contribution in [0.4, 0.5) is 5.82 Å². The number of methoxy groups -OCH3 is 1. The molecule has 1 fully saturated rings. The number of carbonyl (C=O) groups is 1. The third-order valence-corrected chi connectivity index (χ3v) is 8.47. The molecule has 0 aliphatic carbocycles. The fraction of sp³-hybridized carbons (Fsp3) is 0.261. The van der Waals surface area contributed by atoms with E-state index in [4.69, 9.17) is 9.47 Å². The predicted molar refractivity (Wildman–Crippen MR) is 132 cm³/mol. The van der Waals surface area contributed by atoms with Crippen molar-refractivity contribution >= 4 is 43.3 Å². The van der Waals surface area contributed by atoms with Gasteiger partial charge in [0.2, 0.25) is 15.2 Å². The number of nitrogens with zero attached hydrogens (tertiary/aromatic N) is 4. The van der Waals surface area contributed by atoms with Crippen molar-refractivity contribution in [3.05, 3.63) is 59.8 Å². The number of thiazole rings is 1. The lowest BCUT2D eigenvalue weighted by Gasteiger charge is -2.26. The van der Waals surface area contributed by atoms with Crippen LogP contribution in [0, 0.1) is 6.92 Å². The summed E-state index contributed by atoms with van der Waals surface area (Å²) in [6, 6.07) is 13.3. The molecule has 4 aromatic rings. The first-order chi connectivity index (χ1) is 16.8. The first-order valence-electron chi connectivity index (χ1n) is 10.9. The van der Waals surface area contributed by atoms with Crippen molar-refractivity contribution in [1.82, 2.24) is 19.1 Å². The van der Waals surface area contributed by atoms with E-state index in [0.717, 1.165) is 16.0 Å². The zero-order chi connectivity index (χ0) is 24.6. The highest BCUT2D eigenvalue weighted by Crippen LogP contribution is 2.30. The van der Waals surface area contributed by atoms with Crippen LogP contribution in [0.5, 0.6) is 5.75 Å². The highest BCUT2D eigenvalue weighted by molar-refractivity contribution is 7.89. The van der Waals surface area contributed by atoms with Gasteiger partial charge in [-0.3, -0.25) is 4.79 Å². The van der Waals surface area contributed by atoms with E-state index >= 15 is 0 Å². The van der Waals surface area contributed by atoms with E-state index in [0.29, 0.717) is 48.5 Å². The van der Waals surface area contributed by atoms with Crippen molar-refractivity contribution in [2.45, 2.75) is 11.8 Å². The number of hydrogen-bond donors (Lipinski definition) is 1. The van der Waals surface area contributed by atoms with Gasteiger partial charge in [0.1, 0.15) is 11.6 Å². The summed E-state index contributed by atoms with van der Waals surface area (Å²) in [6.07, 6.45) is 0. The fourth-order valence-electron chi connectivity index (χ4n) is 3.75. The van der Waals surface area contributed by atoms with Crippen LogP contribution in [0.25, 0.3) is 15.3 Å². The summed E-state index contributed by atoms with van der Waals surface area (Å²) in [7, 11) is -2.02. The Morgan fingerprint density at radius 2 is 1.86 bits per heavy atom. The second-order valence-electron chi connectivity index (χ2n) is 7.91. The molecule has 0 spiro atoms. The number of sulfonamides is 1. The maximum absolute atomic E-state index is 13.0. The van der Waals surface area contributed by atoms with Crippen molar-refractivity contribution in [2.24, 2.45) is 0 Å². The lowest BCUT2D eigenvalue weighted by Crippen LogP contribution is -2.40. The Bertz CT molecular complexity index is 1490. The van der Waals surface area contributed by atoms with Crippen molar-refractivity contribution in [3.63, 3.8) is 0 Å². The number of amides is 1. The number of aromatic nitrogens is 3. The number of benzene rings is 2. The second kappa shape index (κ2) is 9.38. The summed E-state index contributed by atoms with van der Waals surface area (Å²) in [4.78, 5) is 17.7. The minimum atomic E-state index is -3.63. The number of carbonyl (C=O) groups excluding carboxylic acids is 1. The van der Waals surface area contributed by atoms with Gasteiger partial charge in [0.15, 0.2) is 0 Å². The Morgan fingerprint density at radius 1 is 1.11 bits per heavy atom. The van der Waals surface area contributed by atoms with Crippen LogP contribution < -0.4 is 10.1 Å². The second-order valence-corrected chi connectivity index (χ2v) is 10.9. The third kappa shape index (κ3) is 4.65. The van der Waals surface area contributed by atoms with Crippen LogP contribution in [-0.2, 0) is 14.8 Å². The van der Waals surface area contributed by atoms with E-state index in [1.807, 2.05) is 25.1 Å². The minimum absolute atomic E-state index is 0.141. The fourth-order valence-corrected chi connectivity index (χ4v) is 6.12.